The molecule has 1 fully saturated rings. The van der Waals surface area contributed by atoms with Crippen molar-refractivity contribution in [3.8, 4) is 21.1 Å². The maximum Gasteiger partial charge on any atom is 0.348 e. The summed E-state index contributed by atoms with van der Waals surface area (Å²) in [6, 6.07) is 14.7. The Kier molecular flexibility index (Phi) is 18.5. The van der Waals surface area contributed by atoms with Gasteiger partial charge in [-0.3, -0.25) is 24.1 Å². The molecule has 0 aliphatic carbocycles. The van der Waals surface area contributed by atoms with Gasteiger partial charge < -0.3 is 9.47 Å². The van der Waals surface area contributed by atoms with E-state index in [0.29, 0.717) is 18.5 Å². The van der Waals surface area contributed by atoms with Crippen molar-refractivity contribution in [3.63, 3.8) is 0 Å². The number of likely N-dealkylation sites (N-methyl/N-ethyl adjacent to an activating group) is 2. The Hall–Kier alpha value is -3.28. The number of hydrogen-bond acceptors (Lipinski definition) is 14. The summed E-state index contributed by atoms with van der Waals surface area (Å²) < 4.78 is 13.3. The number of aromatic nitrogens is 4. The van der Waals surface area contributed by atoms with Crippen molar-refractivity contribution in [1.82, 2.24) is 38.4 Å². The summed E-state index contributed by atoms with van der Waals surface area (Å²) in [4.78, 5) is 56.8. The summed E-state index contributed by atoms with van der Waals surface area (Å²) in [5, 5.41) is 22.9. The first-order chi connectivity index (χ1) is 26.5. The third-order valence-electron chi connectivity index (χ3n) is 7.84. The highest BCUT2D eigenvalue weighted by atomic mass is 79.9. The van der Waals surface area contributed by atoms with E-state index < -0.39 is 23.8 Å². The lowest BCUT2D eigenvalue weighted by atomic mass is 10.1. The second-order valence-corrected chi connectivity index (χ2v) is 16.1. The van der Waals surface area contributed by atoms with Crippen molar-refractivity contribution in [1.29, 1.82) is 0 Å². The molecule has 21 heteroatoms. The molecule has 2 aromatic heterocycles. The van der Waals surface area contributed by atoms with Crippen LogP contribution in [0.3, 0.4) is 0 Å². The lowest BCUT2D eigenvalue weighted by Gasteiger charge is -2.22. The molecule has 0 spiro atoms. The molecule has 304 valence electrons. The van der Waals surface area contributed by atoms with Crippen molar-refractivity contribution >= 4 is 94.7 Å². The standard InChI is InChI=1S/C15H18BrN3O3S.C15H19N3O3S.C5H6Br2N2O2/c1-4-22-13(15(20)19(2)21-3)10-5-7-11(8-6-10)14-18-17-12(9-16)23-14;1-5-21-13(15(19)18(3)20-4)11-6-8-12(9-7-11)14-17-16-10(2)22-14;1-5(2)3(10)8(6)4(11)9(5)7/h5-8,13H,4,9H2,1-3H3;6-9,13H,5H2,1-4H3;1-2H3. The second kappa shape index (κ2) is 22.0. The highest BCUT2D eigenvalue weighted by molar-refractivity contribution is 9.09. The van der Waals surface area contributed by atoms with E-state index in [1.54, 1.807) is 27.9 Å². The van der Waals surface area contributed by atoms with Gasteiger partial charge in [0, 0.05) is 38.4 Å². The summed E-state index contributed by atoms with van der Waals surface area (Å²) in [5.74, 6) is -0.775. The van der Waals surface area contributed by atoms with Gasteiger partial charge in [0.1, 0.15) is 25.6 Å². The molecule has 4 aromatic rings. The van der Waals surface area contributed by atoms with Gasteiger partial charge in [0.05, 0.1) is 51.8 Å². The van der Waals surface area contributed by atoms with Crippen molar-refractivity contribution < 1.29 is 38.3 Å². The zero-order valence-electron chi connectivity index (χ0n) is 32.2. The summed E-state index contributed by atoms with van der Waals surface area (Å²) in [6.07, 6.45) is -1.37. The molecule has 1 saturated heterocycles. The van der Waals surface area contributed by atoms with Crippen LogP contribution in [0.1, 0.15) is 61.0 Å². The molecule has 1 aliphatic rings. The molecule has 3 heterocycles. The molecule has 2 unspecified atom stereocenters. The minimum atomic E-state index is -0.805. The van der Waals surface area contributed by atoms with E-state index in [2.05, 4.69) is 68.6 Å². The fourth-order valence-corrected chi connectivity index (χ4v) is 7.59. The van der Waals surface area contributed by atoms with Crippen LogP contribution in [0.4, 0.5) is 4.79 Å². The molecule has 1 aliphatic heterocycles. The number of carbonyl (C=O) groups excluding carboxylic acids is 4. The maximum atomic E-state index is 12.3. The average Bonchev–Trinajstić information content (AvgIpc) is 3.92. The zero-order chi connectivity index (χ0) is 41.7. The second-order valence-electron chi connectivity index (χ2n) is 11.9. The van der Waals surface area contributed by atoms with Crippen LogP contribution in [0.5, 0.6) is 0 Å². The highest BCUT2D eigenvalue weighted by Gasteiger charge is 2.50. The number of urea groups is 1. The predicted molar refractivity (Wildman–Crippen MR) is 222 cm³/mol. The monoisotopic (exact) mass is 1000 g/mol. The lowest BCUT2D eigenvalue weighted by Crippen LogP contribution is -2.37. The van der Waals surface area contributed by atoms with Gasteiger partial charge >= 0.3 is 6.03 Å². The van der Waals surface area contributed by atoms with Crippen LogP contribution in [-0.2, 0) is 38.9 Å². The van der Waals surface area contributed by atoms with Crippen molar-refractivity contribution in [2.24, 2.45) is 0 Å². The SMILES string of the molecule is CC1(C)C(=O)N(Br)C(=O)N1Br.CCOC(C(=O)N(C)OC)c1ccc(-c2nnc(C)s2)cc1.CCOC(C(=O)N(C)OC)c1ccc(-c2nnc(CBr)s2)cc1. The van der Waals surface area contributed by atoms with E-state index in [1.165, 1.54) is 50.9 Å². The zero-order valence-corrected chi connectivity index (χ0v) is 38.6. The summed E-state index contributed by atoms with van der Waals surface area (Å²) >= 11 is 12.3. The number of rotatable bonds is 13. The Morgan fingerprint density at radius 3 is 1.48 bits per heavy atom. The van der Waals surface area contributed by atoms with Crippen molar-refractivity contribution in [3.05, 3.63) is 69.7 Å². The largest absolute Gasteiger partial charge is 0.364 e. The number of nitrogens with zero attached hydrogens (tertiary/aromatic N) is 8. The molecule has 0 bridgehead atoms. The van der Waals surface area contributed by atoms with Gasteiger partial charge in [-0.15, -0.1) is 20.4 Å². The van der Waals surface area contributed by atoms with Crippen LogP contribution in [0.25, 0.3) is 21.1 Å². The van der Waals surface area contributed by atoms with Crippen LogP contribution < -0.4 is 0 Å². The first-order valence-corrected chi connectivity index (χ1v) is 21.0. The van der Waals surface area contributed by atoms with E-state index >= 15 is 0 Å². The van der Waals surface area contributed by atoms with Crippen LogP contribution in [0, 0.1) is 6.92 Å². The Balaban J connectivity index is 0.000000239. The van der Waals surface area contributed by atoms with E-state index in [-0.39, 0.29) is 17.7 Å². The van der Waals surface area contributed by atoms with Crippen LogP contribution in [-0.4, -0.2) is 109 Å². The van der Waals surface area contributed by atoms with E-state index in [1.807, 2.05) is 69.3 Å². The third-order valence-corrected chi connectivity index (χ3v) is 12.4. The Bertz CT molecular complexity index is 1920. The number of aryl methyl sites for hydroxylation is 1. The number of amides is 5. The van der Waals surface area contributed by atoms with E-state index in [4.69, 9.17) is 19.1 Å². The lowest BCUT2D eigenvalue weighted by molar-refractivity contribution is -0.181. The highest BCUT2D eigenvalue weighted by Crippen LogP contribution is 2.32. The predicted octanol–water partition coefficient (Wildman–Crippen LogP) is 7.46. The fraction of sp³-hybridized carbons (Fsp3) is 0.429. The Labute approximate surface area is 359 Å². The van der Waals surface area contributed by atoms with Crippen molar-refractivity contribution in [2.75, 3.05) is 41.5 Å². The molecular weight excluding hydrogens is 964 g/mol. The number of ether oxygens (including phenoxy) is 2. The molecule has 2 aromatic carbocycles. The quantitative estimate of drug-likeness (QED) is 0.0562. The molecule has 2 atom stereocenters. The molecule has 5 rings (SSSR count). The first-order valence-electron chi connectivity index (χ1n) is 16.8. The number of carbonyl (C=O) groups is 4. The molecule has 0 radical (unpaired) electrons. The van der Waals surface area contributed by atoms with Crippen LogP contribution >= 0.6 is 70.9 Å². The topological polar surface area (TPSA) is 170 Å². The van der Waals surface area contributed by atoms with Gasteiger partial charge in [-0.1, -0.05) is 87.1 Å². The molecule has 0 saturated carbocycles. The molecule has 56 heavy (non-hydrogen) atoms. The van der Waals surface area contributed by atoms with E-state index in [9.17, 15) is 19.2 Å². The van der Waals surface area contributed by atoms with Gasteiger partial charge in [0.25, 0.3) is 17.7 Å². The minimum absolute atomic E-state index is 0.246. The molecule has 0 N–H and O–H groups in total. The van der Waals surface area contributed by atoms with Gasteiger partial charge in [-0.05, 0) is 45.7 Å². The minimum Gasteiger partial charge on any atom is -0.364 e. The maximum absolute atomic E-state index is 12.3. The fourth-order valence-electron chi connectivity index (χ4n) is 4.63. The van der Waals surface area contributed by atoms with Crippen molar-refractivity contribution in [2.45, 2.75) is 57.7 Å². The smallest absolute Gasteiger partial charge is 0.348 e. The Morgan fingerprint density at radius 2 is 1.20 bits per heavy atom. The Morgan fingerprint density at radius 1 is 0.768 bits per heavy atom. The van der Waals surface area contributed by atoms with Crippen LogP contribution in [0.2, 0.25) is 0 Å². The number of hydrogen-bond donors (Lipinski definition) is 0. The summed E-state index contributed by atoms with van der Waals surface area (Å²) in [5.41, 5.74) is 2.68. The molecule has 16 nitrogen and oxygen atoms in total. The summed E-state index contributed by atoms with van der Waals surface area (Å²) in [6.45, 7) is 9.80. The number of halogens is 3. The summed E-state index contributed by atoms with van der Waals surface area (Å²) in [7, 11) is 6.02. The van der Waals surface area contributed by atoms with E-state index in [0.717, 1.165) is 46.2 Å². The number of imide groups is 1. The number of alkyl halides is 1. The molecule has 5 amide bonds. The first kappa shape index (κ1) is 47.1. The number of hydroxylamine groups is 4. The van der Waals surface area contributed by atoms with Crippen LogP contribution in [0.15, 0.2) is 48.5 Å². The van der Waals surface area contributed by atoms with Gasteiger partial charge in [-0.2, -0.15) is 3.93 Å². The molecular formula is C35H43Br3N8O8S2. The van der Waals surface area contributed by atoms with Gasteiger partial charge in [0.15, 0.2) is 12.2 Å². The number of benzene rings is 2. The van der Waals surface area contributed by atoms with Gasteiger partial charge in [0.2, 0.25) is 0 Å². The normalized spacial score (nSPS) is 14.4. The average molecular weight is 1010 g/mol. The van der Waals surface area contributed by atoms with Gasteiger partial charge in [-0.25, -0.2) is 18.8 Å². The third kappa shape index (κ3) is 11.9.